The highest BCUT2D eigenvalue weighted by Crippen LogP contribution is 2.57. The molecule has 1 rings (SSSR count). The monoisotopic (exact) mass is 296 g/mol. The Hall–Kier alpha value is 0.350. The van der Waals surface area contributed by atoms with Gasteiger partial charge in [-0.25, -0.2) is 8.88 Å². The Labute approximate surface area is 107 Å². The van der Waals surface area contributed by atoms with Crippen LogP contribution in [0.2, 0.25) is 0 Å². The van der Waals surface area contributed by atoms with Crippen LogP contribution in [0.4, 0.5) is 0 Å². The first-order valence-corrected chi connectivity index (χ1v) is 8.05. The quantitative estimate of drug-likeness (QED) is 0.448. The summed E-state index contributed by atoms with van der Waals surface area (Å²) in [6.07, 6.45) is -1.86. The molecule has 4 radical (unpaired) electrons. The molecule has 0 aromatic carbocycles. The highest BCUT2D eigenvalue weighted by atomic mass is 31.3. The van der Waals surface area contributed by atoms with Crippen LogP contribution >= 0.6 is 15.3 Å². The largest absolute Gasteiger partial charge is 0.476 e. The van der Waals surface area contributed by atoms with Gasteiger partial charge in [0.2, 0.25) is 7.57 Å². The van der Waals surface area contributed by atoms with Crippen molar-refractivity contribution in [3.63, 3.8) is 0 Å². The van der Waals surface area contributed by atoms with E-state index in [0.717, 1.165) is 0 Å². The van der Waals surface area contributed by atoms with Crippen LogP contribution < -0.4 is 0 Å². The maximum absolute atomic E-state index is 11.3. The zero-order chi connectivity index (χ0) is 14.1. The summed E-state index contributed by atoms with van der Waals surface area (Å²) in [4.78, 5) is 16.9. The minimum Gasteiger partial charge on any atom is -0.390 e. The second-order valence-corrected chi connectivity index (χ2v) is 6.87. The van der Waals surface area contributed by atoms with Gasteiger partial charge in [-0.3, -0.25) is 4.57 Å². The molecule has 1 aliphatic heterocycles. The Morgan fingerprint density at radius 1 is 1.39 bits per heavy atom. The molecule has 18 heavy (non-hydrogen) atoms. The Bertz CT molecular complexity index is 386. The van der Waals surface area contributed by atoms with Crippen LogP contribution in [-0.2, 0) is 22.7 Å². The Morgan fingerprint density at radius 2 is 1.94 bits per heavy atom. The number of phosphoric acid groups is 1. The first-order valence-electron chi connectivity index (χ1n) is 4.91. The summed E-state index contributed by atoms with van der Waals surface area (Å²) in [5.74, 6) is -0.363. The van der Waals surface area contributed by atoms with Gasteiger partial charge in [-0.2, -0.15) is 0 Å². The number of aliphatic hydroxyl groups is 1. The van der Waals surface area contributed by atoms with Crippen molar-refractivity contribution in [3.05, 3.63) is 0 Å². The zero-order valence-corrected chi connectivity index (χ0v) is 11.2. The van der Waals surface area contributed by atoms with E-state index in [1.165, 1.54) is 0 Å². The summed E-state index contributed by atoms with van der Waals surface area (Å²) < 4.78 is 35.2. The van der Waals surface area contributed by atoms with Gasteiger partial charge in [-0.05, 0) is 0 Å². The predicted octanol–water partition coefficient (Wildman–Crippen LogP) is -0.721. The smallest absolute Gasteiger partial charge is 0.390 e. The third-order valence-electron chi connectivity index (χ3n) is 2.41. The fourth-order valence-corrected chi connectivity index (χ4v) is 3.16. The van der Waals surface area contributed by atoms with Gasteiger partial charge in [0.05, 0.1) is 12.7 Å². The fourth-order valence-electron chi connectivity index (χ4n) is 1.43. The summed E-state index contributed by atoms with van der Waals surface area (Å²) in [6.45, 7) is 1.18. The fraction of sp³-hybridized carbons (Fsp3) is 1.00. The van der Waals surface area contributed by atoms with E-state index in [-0.39, 0.29) is 5.92 Å². The van der Waals surface area contributed by atoms with Gasteiger partial charge in [-0.15, -0.1) is 0 Å². The highest BCUT2D eigenvalue weighted by Gasteiger charge is 2.39. The molecule has 1 aliphatic rings. The summed E-state index contributed by atoms with van der Waals surface area (Å²) >= 11 is 0. The van der Waals surface area contributed by atoms with Crippen LogP contribution in [0.3, 0.4) is 0 Å². The molecule has 0 aromatic rings. The Balaban J connectivity index is 2.51. The molecule has 0 aromatic heterocycles. The molecule has 1 fully saturated rings. The van der Waals surface area contributed by atoms with Crippen LogP contribution in [0.1, 0.15) is 6.92 Å². The molecular formula is C6H12B2O8P2. The molecule has 8 nitrogen and oxygen atoms in total. The third kappa shape index (κ3) is 4.79. The molecule has 1 heterocycles. The normalized spacial score (nSPS) is 36.4. The lowest BCUT2D eigenvalue weighted by atomic mass is 9.86. The lowest BCUT2D eigenvalue weighted by Gasteiger charge is -2.19. The first kappa shape index (κ1) is 16.4. The van der Waals surface area contributed by atoms with E-state index < -0.39 is 40.1 Å². The minimum absolute atomic E-state index is 0.363. The van der Waals surface area contributed by atoms with Gasteiger partial charge < -0.3 is 24.2 Å². The number of hydrogen-bond donors (Lipinski definition) is 3. The van der Waals surface area contributed by atoms with Gasteiger partial charge in [0, 0.05) is 11.9 Å². The van der Waals surface area contributed by atoms with Crippen molar-refractivity contribution in [1.29, 1.82) is 0 Å². The summed E-state index contributed by atoms with van der Waals surface area (Å²) in [5.41, 5.74) is 0. The Kier molecular flexibility index (Phi) is 5.26. The van der Waals surface area contributed by atoms with Crippen molar-refractivity contribution >= 4 is 30.7 Å². The van der Waals surface area contributed by atoms with Gasteiger partial charge in [0.25, 0.3) is 7.47 Å². The average Bonchev–Trinajstić information content (AvgIpc) is 2.39. The summed E-state index contributed by atoms with van der Waals surface area (Å²) in [7, 11) is 0.996. The lowest BCUT2D eigenvalue weighted by Crippen LogP contribution is -2.29. The third-order valence-corrected chi connectivity index (χ3v) is 4.68. The molecule has 12 heteroatoms. The molecule has 0 spiro atoms. The minimum atomic E-state index is -5.03. The maximum atomic E-state index is 11.3. The lowest BCUT2D eigenvalue weighted by molar-refractivity contribution is 0.000557. The van der Waals surface area contributed by atoms with Crippen molar-refractivity contribution < 1.29 is 37.6 Å². The standard InChI is InChI=1S/C6H12B2O8P2/c1-3-5(9)4(15-6(3)7)2-14-17(8,10)16-18(11,12)13/h3-6,9H,2H2,1H3,(H2,11,12,13)/t3-,4?,5+,6-,17?/m1/s1. The maximum Gasteiger partial charge on any atom is 0.476 e. The number of aliphatic hydroxyl groups excluding tert-OH is 1. The Morgan fingerprint density at radius 3 is 2.33 bits per heavy atom. The first-order chi connectivity index (χ1) is 8.02. The highest BCUT2D eigenvalue weighted by molar-refractivity contribution is 7.83. The molecule has 5 atom stereocenters. The average molecular weight is 296 g/mol. The molecular weight excluding hydrogens is 284 g/mol. The van der Waals surface area contributed by atoms with E-state index in [1.54, 1.807) is 6.92 Å². The zero-order valence-electron chi connectivity index (χ0n) is 9.45. The van der Waals surface area contributed by atoms with E-state index in [4.69, 9.17) is 29.9 Å². The second-order valence-electron chi connectivity index (χ2n) is 3.90. The SMILES string of the molecule is [B][C@@H]1OC(COP([B])(=O)OP(=O)(O)O)[C@@H](O)[C@H]1C. The molecule has 2 unspecified atom stereocenters. The second kappa shape index (κ2) is 5.77. The van der Waals surface area contributed by atoms with Crippen LogP contribution in [0.5, 0.6) is 0 Å². The van der Waals surface area contributed by atoms with Crippen molar-refractivity contribution in [2.75, 3.05) is 6.61 Å². The van der Waals surface area contributed by atoms with Crippen LogP contribution in [0.25, 0.3) is 0 Å². The van der Waals surface area contributed by atoms with Crippen molar-refractivity contribution in [3.8, 4) is 0 Å². The van der Waals surface area contributed by atoms with E-state index in [9.17, 15) is 14.2 Å². The van der Waals surface area contributed by atoms with E-state index in [2.05, 4.69) is 8.83 Å². The van der Waals surface area contributed by atoms with E-state index in [0.29, 0.717) is 0 Å². The van der Waals surface area contributed by atoms with Crippen molar-refractivity contribution in [2.45, 2.75) is 25.1 Å². The topological polar surface area (TPSA) is 123 Å². The molecule has 3 N–H and O–H groups in total. The van der Waals surface area contributed by atoms with Gasteiger partial charge >= 0.3 is 7.82 Å². The number of rotatable bonds is 5. The van der Waals surface area contributed by atoms with Crippen molar-refractivity contribution in [1.82, 2.24) is 0 Å². The molecule has 100 valence electrons. The molecule has 1 saturated heterocycles. The van der Waals surface area contributed by atoms with Gasteiger partial charge in [-0.1, -0.05) is 6.92 Å². The summed E-state index contributed by atoms with van der Waals surface area (Å²) in [5, 5.41) is 9.65. The van der Waals surface area contributed by atoms with Crippen molar-refractivity contribution in [2.24, 2.45) is 5.92 Å². The van der Waals surface area contributed by atoms with Crippen LogP contribution in [0.15, 0.2) is 0 Å². The van der Waals surface area contributed by atoms with Gasteiger partial charge in [0.1, 0.15) is 14.0 Å². The van der Waals surface area contributed by atoms with E-state index >= 15 is 0 Å². The number of ether oxygens (including phenoxy) is 1. The molecule has 0 aliphatic carbocycles. The molecule has 0 saturated carbocycles. The summed E-state index contributed by atoms with van der Waals surface area (Å²) in [6, 6.07) is -0.714. The molecule has 0 bridgehead atoms. The predicted molar refractivity (Wildman–Crippen MR) is 62.0 cm³/mol. The van der Waals surface area contributed by atoms with E-state index in [1.807, 2.05) is 0 Å². The van der Waals surface area contributed by atoms with Gasteiger partial charge in [0.15, 0.2) is 0 Å². The molecule has 0 amide bonds. The van der Waals surface area contributed by atoms with Crippen LogP contribution in [-0.4, -0.2) is 55.1 Å². The van der Waals surface area contributed by atoms with Crippen LogP contribution in [0, 0.1) is 5.92 Å². The number of hydrogen-bond acceptors (Lipinski definition) is 6.